The van der Waals surface area contributed by atoms with Gasteiger partial charge in [-0.05, 0) is 37.1 Å². The van der Waals surface area contributed by atoms with Crippen molar-refractivity contribution in [3.63, 3.8) is 0 Å². The number of phenolic OH excluding ortho intramolecular Hbond substituents is 2. The van der Waals surface area contributed by atoms with E-state index >= 15 is 0 Å². The second-order valence-corrected chi connectivity index (χ2v) is 8.71. The number of hydrogen-bond donors (Lipinski definition) is 2. The summed E-state index contributed by atoms with van der Waals surface area (Å²) in [6.07, 6.45) is 7.67. The first kappa shape index (κ1) is 17.6. The Morgan fingerprint density at radius 1 is 0.767 bits per heavy atom. The number of benzene rings is 2. The van der Waals surface area contributed by atoms with E-state index in [0.29, 0.717) is 22.6 Å². The lowest BCUT2D eigenvalue weighted by Gasteiger charge is -2.53. The third-order valence-electron chi connectivity index (χ3n) is 7.06. The zero-order valence-corrected chi connectivity index (χ0v) is 16.4. The second-order valence-electron chi connectivity index (χ2n) is 8.71. The predicted octanol–water partition coefficient (Wildman–Crippen LogP) is 4.62. The van der Waals surface area contributed by atoms with Gasteiger partial charge in [-0.25, -0.2) is 0 Å². The maximum absolute atomic E-state index is 13.6. The van der Waals surface area contributed by atoms with E-state index in [1.165, 1.54) is 0 Å². The molecule has 2 saturated carbocycles. The molecular weight excluding hydrogens is 380 g/mol. The average Bonchev–Trinajstić information content (AvgIpc) is 2.77. The number of aromatic hydroxyl groups is 2. The Labute approximate surface area is 174 Å². The van der Waals surface area contributed by atoms with Crippen molar-refractivity contribution in [3.05, 3.63) is 58.7 Å². The zero-order valence-electron chi connectivity index (χ0n) is 16.4. The van der Waals surface area contributed by atoms with E-state index < -0.39 is 17.6 Å². The van der Waals surface area contributed by atoms with Crippen LogP contribution in [0.5, 0.6) is 23.0 Å². The van der Waals surface area contributed by atoms with E-state index in [1.807, 2.05) is 24.3 Å². The smallest absolute Gasteiger partial charge is 0.192 e. The lowest BCUT2D eigenvalue weighted by Crippen LogP contribution is -2.59. The van der Waals surface area contributed by atoms with Crippen LogP contribution in [0.25, 0.3) is 12.2 Å². The molecule has 6 rings (SSSR count). The fourth-order valence-electron chi connectivity index (χ4n) is 5.68. The van der Waals surface area contributed by atoms with Gasteiger partial charge in [0.2, 0.25) is 0 Å². The summed E-state index contributed by atoms with van der Waals surface area (Å²) in [6, 6.07) is 10.4. The fourth-order valence-corrected chi connectivity index (χ4v) is 5.68. The van der Waals surface area contributed by atoms with Crippen molar-refractivity contribution in [2.24, 2.45) is 5.41 Å². The molecule has 2 fully saturated rings. The molecule has 2 N–H and O–H groups in total. The van der Waals surface area contributed by atoms with Crippen LogP contribution in [-0.4, -0.2) is 28.2 Å². The van der Waals surface area contributed by atoms with Crippen molar-refractivity contribution >= 4 is 17.9 Å². The highest BCUT2D eigenvalue weighted by molar-refractivity contribution is 6.17. The molecule has 0 bridgehead atoms. The van der Waals surface area contributed by atoms with Crippen LogP contribution in [0.1, 0.15) is 43.2 Å². The summed E-state index contributed by atoms with van der Waals surface area (Å²) in [7, 11) is 0. The van der Waals surface area contributed by atoms with Crippen LogP contribution < -0.4 is 9.47 Å². The zero-order chi connectivity index (χ0) is 20.5. The van der Waals surface area contributed by atoms with E-state index in [9.17, 15) is 15.0 Å². The van der Waals surface area contributed by atoms with Crippen LogP contribution in [0.4, 0.5) is 0 Å². The van der Waals surface area contributed by atoms with Gasteiger partial charge in [-0.3, -0.25) is 4.79 Å². The van der Waals surface area contributed by atoms with E-state index in [1.54, 1.807) is 24.3 Å². The monoisotopic (exact) mass is 402 g/mol. The maximum Gasteiger partial charge on any atom is 0.192 e. The van der Waals surface area contributed by atoms with Gasteiger partial charge in [-0.1, -0.05) is 43.5 Å². The summed E-state index contributed by atoms with van der Waals surface area (Å²) in [5.74, 6) is 0.931. The third-order valence-corrected chi connectivity index (χ3v) is 7.06. The quantitative estimate of drug-likeness (QED) is 0.673. The Kier molecular flexibility index (Phi) is 3.61. The van der Waals surface area contributed by atoms with Gasteiger partial charge < -0.3 is 19.7 Å². The molecule has 4 aliphatic rings. The number of fused-ring (bicyclic) bond motifs is 6. The van der Waals surface area contributed by atoms with Crippen LogP contribution in [0.3, 0.4) is 0 Å². The van der Waals surface area contributed by atoms with Crippen molar-refractivity contribution in [2.45, 2.75) is 44.3 Å². The van der Waals surface area contributed by atoms with Gasteiger partial charge in [0, 0.05) is 22.3 Å². The molecule has 30 heavy (non-hydrogen) atoms. The van der Waals surface area contributed by atoms with Crippen LogP contribution in [0.15, 0.2) is 47.5 Å². The third kappa shape index (κ3) is 2.26. The Morgan fingerprint density at radius 3 is 1.77 bits per heavy atom. The molecular formula is C25H22O5. The van der Waals surface area contributed by atoms with Gasteiger partial charge in [-0.15, -0.1) is 0 Å². The van der Waals surface area contributed by atoms with Crippen molar-refractivity contribution in [1.29, 1.82) is 0 Å². The van der Waals surface area contributed by atoms with Gasteiger partial charge in [-0.2, -0.15) is 0 Å². The highest BCUT2D eigenvalue weighted by Crippen LogP contribution is 2.57. The van der Waals surface area contributed by atoms with E-state index in [0.717, 1.165) is 43.2 Å². The highest BCUT2D eigenvalue weighted by Gasteiger charge is 2.59. The van der Waals surface area contributed by atoms with Crippen molar-refractivity contribution in [2.75, 3.05) is 0 Å². The largest absolute Gasteiger partial charge is 0.504 e. The van der Waals surface area contributed by atoms with Crippen LogP contribution in [0, 0.1) is 5.41 Å². The summed E-state index contributed by atoms with van der Waals surface area (Å²) in [5.41, 5.74) is 2.27. The molecule has 0 unspecified atom stereocenters. The van der Waals surface area contributed by atoms with E-state index in [-0.39, 0.29) is 17.3 Å². The molecule has 0 radical (unpaired) electrons. The Morgan fingerprint density at radius 2 is 1.27 bits per heavy atom. The number of carbonyl (C=O) groups is 1. The minimum atomic E-state index is -0.486. The topological polar surface area (TPSA) is 76.0 Å². The first-order chi connectivity index (χ1) is 14.6. The molecule has 1 spiro atoms. The molecule has 2 aliphatic carbocycles. The molecule has 2 aromatic carbocycles. The second kappa shape index (κ2) is 6.14. The summed E-state index contributed by atoms with van der Waals surface area (Å²) in [5, 5.41) is 20.8. The lowest BCUT2D eigenvalue weighted by atomic mass is 9.57. The number of Topliss-reactive ketones (excluding diaryl/α,β-unsaturated/α-hetero) is 1. The molecule has 2 aromatic rings. The highest BCUT2D eigenvalue weighted by atomic mass is 16.5. The van der Waals surface area contributed by atoms with Gasteiger partial charge in [0.05, 0.1) is 5.41 Å². The number of carbonyl (C=O) groups excluding carboxylic acids is 1. The number of para-hydroxylation sites is 2. The minimum absolute atomic E-state index is 0.0788. The van der Waals surface area contributed by atoms with Gasteiger partial charge >= 0.3 is 0 Å². The number of ketones is 1. The molecule has 0 aromatic heterocycles. The van der Waals surface area contributed by atoms with E-state index in [2.05, 4.69) is 0 Å². The normalized spacial score (nSPS) is 25.5. The van der Waals surface area contributed by atoms with Gasteiger partial charge in [0.15, 0.2) is 28.8 Å². The maximum atomic E-state index is 13.6. The molecule has 5 heteroatoms. The van der Waals surface area contributed by atoms with Crippen LogP contribution in [-0.2, 0) is 4.79 Å². The Hall–Kier alpha value is -3.21. The molecule has 5 nitrogen and oxygen atoms in total. The summed E-state index contributed by atoms with van der Waals surface area (Å²) < 4.78 is 12.8. The number of hydrogen-bond acceptors (Lipinski definition) is 5. The Balaban J connectivity index is 1.58. The van der Waals surface area contributed by atoms with Crippen LogP contribution >= 0.6 is 0 Å². The molecule has 2 heterocycles. The summed E-state index contributed by atoms with van der Waals surface area (Å²) in [4.78, 5) is 13.6. The van der Waals surface area contributed by atoms with Crippen molar-refractivity contribution < 1.29 is 24.5 Å². The number of ether oxygens (including phenoxy) is 2. The molecule has 2 atom stereocenters. The predicted molar refractivity (Wildman–Crippen MR) is 112 cm³/mol. The number of rotatable bonds is 0. The first-order valence-electron chi connectivity index (χ1n) is 10.5. The van der Waals surface area contributed by atoms with Crippen LogP contribution in [0.2, 0.25) is 0 Å². The SMILES string of the molecule is O=C1C2=Cc3cccc(O)c3O[C@H]2C2(CCCCC2)[C@@H]2Oc3c(O)cccc3C=C12. The van der Waals surface area contributed by atoms with Gasteiger partial charge in [0.1, 0.15) is 12.2 Å². The molecule has 152 valence electrons. The lowest BCUT2D eigenvalue weighted by molar-refractivity contribution is -0.123. The first-order valence-corrected chi connectivity index (χ1v) is 10.5. The average molecular weight is 402 g/mol. The van der Waals surface area contributed by atoms with E-state index in [4.69, 9.17) is 9.47 Å². The van der Waals surface area contributed by atoms with Crippen molar-refractivity contribution in [3.8, 4) is 23.0 Å². The molecule has 0 amide bonds. The molecule has 2 aliphatic heterocycles. The number of phenols is 2. The standard InChI is InChI=1S/C25H22O5/c26-18-8-4-6-14-12-16-20(28)17-13-15-7-5-9-19(27)22(15)30-24(17)25(10-2-1-3-11-25)23(16)29-21(14)18/h4-9,12-13,23-24,26-27H,1-3,10-11H2/t23-,24-/m1/s1. The fraction of sp³-hybridized carbons (Fsp3) is 0.320. The summed E-state index contributed by atoms with van der Waals surface area (Å²) >= 11 is 0. The van der Waals surface area contributed by atoms with Gasteiger partial charge in [0.25, 0.3) is 0 Å². The minimum Gasteiger partial charge on any atom is -0.504 e. The molecule has 0 saturated heterocycles. The summed E-state index contributed by atoms with van der Waals surface area (Å²) in [6.45, 7) is 0. The Bertz CT molecular complexity index is 1050. The van der Waals surface area contributed by atoms with Crippen molar-refractivity contribution in [1.82, 2.24) is 0 Å².